The Bertz CT molecular complexity index is 980. The van der Waals surface area contributed by atoms with Crippen molar-refractivity contribution >= 4 is 28.9 Å². The highest BCUT2D eigenvalue weighted by molar-refractivity contribution is 6.00. The molecule has 1 aliphatic rings. The molecule has 0 aliphatic carbocycles. The number of para-hydroxylation sites is 2. The number of fused-ring (bicyclic) bond motifs is 1. The molecule has 3 aromatic carbocycles. The first kappa shape index (κ1) is 19.7. The molecule has 0 saturated heterocycles. The standard InChI is InChI=1S/C25H24N2O3/c28-24-16-13-19-18-22(14-15-23(19)26-24)30-17-7-12-25(29)27(20-8-3-1-4-9-20)21-10-5-2-6-11-21/h1-6,8-11,14-15,18H,7,12-13,16-17H2,(H,26,28). The van der Waals surface area contributed by atoms with Crippen LogP contribution in [0.5, 0.6) is 5.75 Å². The highest BCUT2D eigenvalue weighted by Crippen LogP contribution is 2.28. The molecule has 3 aromatic rings. The molecular weight excluding hydrogens is 376 g/mol. The maximum Gasteiger partial charge on any atom is 0.231 e. The van der Waals surface area contributed by atoms with Crippen LogP contribution in [0.4, 0.5) is 17.1 Å². The molecule has 5 nitrogen and oxygen atoms in total. The van der Waals surface area contributed by atoms with Gasteiger partial charge in [0.1, 0.15) is 5.75 Å². The summed E-state index contributed by atoms with van der Waals surface area (Å²) < 4.78 is 5.86. The first-order chi connectivity index (χ1) is 14.7. The minimum absolute atomic E-state index is 0.0316. The van der Waals surface area contributed by atoms with E-state index in [0.29, 0.717) is 25.9 Å². The van der Waals surface area contributed by atoms with Gasteiger partial charge in [-0.15, -0.1) is 0 Å². The van der Waals surface area contributed by atoms with E-state index in [1.807, 2.05) is 78.9 Å². The second-order valence-electron chi connectivity index (χ2n) is 7.22. The summed E-state index contributed by atoms with van der Waals surface area (Å²) in [5.74, 6) is 0.848. The number of rotatable bonds is 7. The van der Waals surface area contributed by atoms with E-state index in [-0.39, 0.29) is 11.8 Å². The Balaban J connectivity index is 1.36. The summed E-state index contributed by atoms with van der Waals surface area (Å²) in [6.07, 6.45) is 2.22. The predicted octanol–water partition coefficient (Wildman–Crippen LogP) is 5.10. The number of carbonyl (C=O) groups is 2. The topological polar surface area (TPSA) is 58.6 Å². The van der Waals surface area contributed by atoms with Crippen molar-refractivity contribution in [1.29, 1.82) is 0 Å². The quantitative estimate of drug-likeness (QED) is 0.562. The monoisotopic (exact) mass is 400 g/mol. The highest BCUT2D eigenvalue weighted by Gasteiger charge is 2.18. The molecule has 152 valence electrons. The Morgan fingerprint density at radius 1 is 0.900 bits per heavy atom. The fourth-order valence-corrected chi connectivity index (χ4v) is 3.57. The molecule has 0 bridgehead atoms. The summed E-state index contributed by atoms with van der Waals surface area (Å²) in [6.45, 7) is 0.453. The molecule has 1 aliphatic heterocycles. The van der Waals surface area contributed by atoms with Gasteiger partial charge in [0, 0.05) is 29.9 Å². The van der Waals surface area contributed by atoms with Crippen molar-refractivity contribution < 1.29 is 14.3 Å². The number of aryl methyl sites for hydroxylation is 1. The minimum Gasteiger partial charge on any atom is -0.494 e. The Labute approximate surface area is 176 Å². The summed E-state index contributed by atoms with van der Waals surface area (Å²) in [4.78, 5) is 26.2. The van der Waals surface area contributed by atoms with E-state index in [9.17, 15) is 9.59 Å². The van der Waals surface area contributed by atoms with E-state index < -0.39 is 0 Å². The van der Waals surface area contributed by atoms with E-state index >= 15 is 0 Å². The van der Waals surface area contributed by atoms with E-state index in [4.69, 9.17) is 4.74 Å². The van der Waals surface area contributed by atoms with Crippen LogP contribution < -0.4 is 15.0 Å². The minimum atomic E-state index is 0.0316. The molecule has 0 atom stereocenters. The molecule has 2 amide bonds. The molecule has 0 fully saturated rings. The lowest BCUT2D eigenvalue weighted by molar-refractivity contribution is -0.118. The van der Waals surface area contributed by atoms with Crippen molar-refractivity contribution in [2.75, 3.05) is 16.8 Å². The summed E-state index contributed by atoms with van der Waals surface area (Å²) >= 11 is 0. The average Bonchev–Trinajstić information content (AvgIpc) is 2.78. The predicted molar refractivity (Wildman–Crippen MR) is 118 cm³/mol. The number of anilines is 3. The van der Waals surface area contributed by atoms with E-state index in [1.165, 1.54) is 0 Å². The largest absolute Gasteiger partial charge is 0.494 e. The molecule has 0 radical (unpaired) electrons. The SMILES string of the molecule is O=C1CCc2cc(OCCCC(=O)N(c3ccccc3)c3ccccc3)ccc2N1. The molecule has 0 unspecified atom stereocenters. The Hall–Kier alpha value is -3.60. The molecule has 0 spiro atoms. The van der Waals surface area contributed by atoms with Gasteiger partial charge in [-0.3, -0.25) is 14.5 Å². The van der Waals surface area contributed by atoms with Gasteiger partial charge in [-0.2, -0.15) is 0 Å². The summed E-state index contributed by atoms with van der Waals surface area (Å²) in [6, 6.07) is 25.1. The smallest absolute Gasteiger partial charge is 0.231 e. The van der Waals surface area contributed by atoms with Crippen LogP contribution in [0.25, 0.3) is 0 Å². The van der Waals surface area contributed by atoms with E-state index in [1.54, 1.807) is 4.90 Å². The first-order valence-corrected chi connectivity index (χ1v) is 10.2. The summed E-state index contributed by atoms with van der Waals surface area (Å²) in [5, 5.41) is 2.87. The fraction of sp³-hybridized carbons (Fsp3) is 0.200. The van der Waals surface area contributed by atoms with Gasteiger partial charge in [-0.1, -0.05) is 36.4 Å². The molecule has 1 N–H and O–H groups in total. The maximum absolute atomic E-state index is 13.0. The first-order valence-electron chi connectivity index (χ1n) is 10.2. The van der Waals surface area contributed by atoms with Gasteiger partial charge in [-0.05, 0) is 60.9 Å². The van der Waals surface area contributed by atoms with Crippen molar-refractivity contribution in [2.24, 2.45) is 0 Å². The fourth-order valence-electron chi connectivity index (χ4n) is 3.57. The molecule has 30 heavy (non-hydrogen) atoms. The van der Waals surface area contributed by atoms with Crippen molar-refractivity contribution in [3.8, 4) is 5.75 Å². The zero-order valence-corrected chi connectivity index (χ0v) is 16.7. The van der Waals surface area contributed by atoms with E-state index in [0.717, 1.165) is 34.8 Å². The number of nitrogens with zero attached hydrogens (tertiary/aromatic N) is 1. The summed E-state index contributed by atoms with van der Waals surface area (Å²) in [7, 11) is 0. The van der Waals surface area contributed by atoms with Gasteiger partial charge in [0.25, 0.3) is 0 Å². The number of benzene rings is 3. The lowest BCUT2D eigenvalue weighted by Gasteiger charge is -2.23. The number of hydrogen-bond acceptors (Lipinski definition) is 3. The second-order valence-corrected chi connectivity index (χ2v) is 7.22. The van der Waals surface area contributed by atoms with Gasteiger partial charge in [0.05, 0.1) is 6.61 Å². The zero-order chi connectivity index (χ0) is 20.8. The highest BCUT2D eigenvalue weighted by atomic mass is 16.5. The van der Waals surface area contributed by atoms with Crippen LogP contribution in [0.15, 0.2) is 78.9 Å². The maximum atomic E-state index is 13.0. The average molecular weight is 400 g/mol. The lowest BCUT2D eigenvalue weighted by atomic mass is 10.0. The van der Waals surface area contributed by atoms with Crippen molar-refractivity contribution in [3.05, 3.63) is 84.4 Å². The number of nitrogens with one attached hydrogen (secondary N) is 1. The number of ether oxygens (including phenoxy) is 1. The van der Waals surface area contributed by atoms with Crippen LogP contribution in [-0.2, 0) is 16.0 Å². The number of carbonyl (C=O) groups excluding carboxylic acids is 2. The molecule has 0 aromatic heterocycles. The Morgan fingerprint density at radius 2 is 1.57 bits per heavy atom. The zero-order valence-electron chi connectivity index (χ0n) is 16.7. The van der Waals surface area contributed by atoms with Gasteiger partial charge >= 0.3 is 0 Å². The van der Waals surface area contributed by atoms with Gasteiger partial charge in [-0.25, -0.2) is 0 Å². The molecule has 4 rings (SSSR count). The third kappa shape index (κ3) is 4.69. The molecule has 0 saturated carbocycles. The Morgan fingerprint density at radius 3 is 2.23 bits per heavy atom. The second kappa shape index (κ2) is 9.27. The van der Waals surface area contributed by atoms with Crippen molar-refractivity contribution in [2.45, 2.75) is 25.7 Å². The number of amides is 2. The Kier molecular flexibility index (Phi) is 6.09. The van der Waals surface area contributed by atoms with Crippen LogP contribution in [0.2, 0.25) is 0 Å². The van der Waals surface area contributed by atoms with Crippen molar-refractivity contribution in [3.63, 3.8) is 0 Å². The van der Waals surface area contributed by atoms with E-state index in [2.05, 4.69) is 5.32 Å². The number of hydrogen-bond donors (Lipinski definition) is 1. The third-order valence-corrected chi connectivity index (χ3v) is 5.05. The van der Waals surface area contributed by atoms with Gasteiger partial charge in [0.2, 0.25) is 11.8 Å². The van der Waals surface area contributed by atoms with Crippen LogP contribution in [0, 0.1) is 0 Å². The van der Waals surface area contributed by atoms with Crippen molar-refractivity contribution in [1.82, 2.24) is 0 Å². The summed E-state index contributed by atoms with van der Waals surface area (Å²) in [5.41, 5.74) is 3.65. The lowest BCUT2D eigenvalue weighted by Crippen LogP contribution is -2.26. The van der Waals surface area contributed by atoms with Crippen LogP contribution in [0.1, 0.15) is 24.8 Å². The molecular formula is C25H24N2O3. The van der Waals surface area contributed by atoms with Crippen LogP contribution in [-0.4, -0.2) is 18.4 Å². The van der Waals surface area contributed by atoms with Gasteiger partial charge < -0.3 is 10.1 Å². The van der Waals surface area contributed by atoms with Crippen LogP contribution >= 0.6 is 0 Å². The van der Waals surface area contributed by atoms with Gasteiger partial charge in [0.15, 0.2) is 0 Å². The molecule has 5 heteroatoms. The normalized spacial score (nSPS) is 12.6. The molecule has 1 heterocycles. The van der Waals surface area contributed by atoms with Crippen LogP contribution in [0.3, 0.4) is 0 Å². The third-order valence-electron chi connectivity index (χ3n) is 5.05.